The number of Topliss-reactive ketones (excluding diaryl/α,β-unsaturated/α-hetero) is 2. The molecule has 0 aromatic carbocycles. The van der Waals surface area contributed by atoms with E-state index in [4.69, 9.17) is 0 Å². The molecule has 7 atom stereocenters. The van der Waals surface area contributed by atoms with Gasteiger partial charge in [0.1, 0.15) is 11.6 Å². The summed E-state index contributed by atoms with van der Waals surface area (Å²) in [4.78, 5) is 24.5. The molecule has 0 aliphatic heterocycles. The molecule has 23 heavy (non-hydrogen) atoms. The highest BCUT2D eigenvalue weighted by Crippen LogP contribution is 2.66. The van der Waals surface area contributed by atoms with Crippen molar-refractivity contribution in [3.63, 3.8) is 0 Å². The number of hydrogen-bond donors (Lipinski definition) is 1. The maximum Gasteiger partial charge on any atom is 0.139 e. The van der Waals surface area contributed by atoms with Crippen LogP contribution in [0.5, 0.6) is 0 Å². The molecule has 4 saturated carbocycles. The van der Waals surface area contributed by atoms with Gasteiger partial charge in [0.05, 0.1) is 0 Å². The summed E-state index contributed by atoms with van der Waals surface area (Å²) >= 11 is 0. The minimum absolute atomic E-state index is 0.102. The molecule has 1 N–H and O–H groups in total. The van der Waals surface area contributed by atoms with E-state index in [0.717, 1.165) is 44.9 Å². The molecule has 0 saturated heterocycles. The molecule has 0 bridgehead atoms. The van der Waals surface area contributed by atoms with E-state index in [2.05, 4.69) is 13.8 Å². The Hall–Kier alpha value is -0.700. The van der Waals surface area contributed by atoms with Crippen LogP contribution in [0.1, 0.15) is 65.2 Å². The molecule has 4 aliphatic carbocycles. The second kappa shape index (κ2) is 5.15. The van der Waals surface area contributed by atoms with Gasteiger partial charge in [0.2, 0.25) is 0 Å². The van der Waals surface area contributed by atoms with Crippen molar-refractivity contribution in [1.82, 2.24) is 0 Å². The molecule has 128 valence electrons. The van der Waals surface area contributed by atoms with Gasteiger partial charge in [0.15, 0.2) is 0 Å². The third-order valence-electron chi connectivity index (χ3n) is 8.61. The van der Waals surface area contributed by atoms with Gasteiger partial charge in [-0.25, -0.2) is 0 Å². The van der Waals surface area contributed by atoms with E-state index in [1.807, 2.05) is 0 Å². The van der Waals surface area contributed by atoms with Gasteiger partial charge in [-0.2, -0.15) is 0 Å². The SMILES string of the molecule is C[C@]12CCC(=O)CC1C(CO)C[C@@H]1[C@H]2CC[C@]2(C)C(=O)CC[C@@H]12. The van der Waals surface area contributed by atoms with Crippen LogP contribution in [-0.4, -0.2) is 23.3 Å². The first-order valence-electron chi connectivity index (χ1n) is 9.56. The Labute approximate surface area is 139 Å². The number of carbonyl (C=O) groups excluding carboxylic acids is 2. The minimum atomic E-state index is -0.102. The van der Waals surface area contributed by atoms with Crippen molar-refractivity contribution >= 4 is 11.6 Å². The summed E-state index contributed by atoms with van der Waals surface area (Å²) in [6.45, 7) is 4.80. The highest BCUT2D eigenvalue weighted by atomic mass is 16.3. The predicted molar refractivity (Wildman–Crippen MR) is 87.7 cm³/mol. The molecule has 0 aromatic rings. The van der Waals surface area contributed by atoms with Gasteiger partial charge in [0.25, 0.3) is 0 Å². The first-order valence-corrected chi connectivity index (χ1v) is 9.56. The summed E-state index contributed by atoms with van der Waals surface area (Å²) < 4.78 is 0. The molecule has 0 radical (unpaired) electrons. The molecule has 3 nitrogen and oxygen atoms in total. The van der Waals surface area contributed by atoms with Crippen molar-refractivity contribution in [1.29, 1.82) is 0 Å². The van der Waals surface area contributed by atoms with Crippen LogP contribution in [0.4, 0.5) is 0 Å². The van der Waals surface area contributed by atoms with E-state index in [0.29, 0.717) is 41.7 Å². The average molecular weight is 318 g/mol. The second-order valence-corrected chi connectivity index (χ2v) is 9.33. The lowest BCUT2D eigenvalue weighted by molar-refractivity contribution is -0.156. The molecule has 0 heterocycles. The quantitative estimate of drug-likeness (QED) is 0.806. The molecule has 4 rings (SSSR count). The fraction of sp³-hybridized carbons (Fsp3) is 0.900. The first-order chi connectivity index (χ1) is 10.9. The number of ketones is 2. The van der Waals surface area contributed by atoms with Gasteiger partial charge >= 0.3 is 0 Å². The molecule has 0 amide bonds. The Bertz CT molecular complexity index is 541. The van der Waals surface area contributed by atoms with Gasteiger partial charge in [-0.3, -0.25) is 9.59 Å². The van der Waals surface area contributed by atoms with Gasteiger partial charge < -0.3 is 5.11 Å². The lowest BCUT2D eigenvalue weighted by Gasteiger charge is -2.61. The maximum atomic E-state index is 12.5. The summed E-state index contributed by atoms with van der Waals surface area (Å²) in [7, 11) is 0. The van der Waals surface area contributed by atoms with Crippen molar-refractivity contribution in [3.05, 3.63) is 0 Å². The Morgan fingerprint density at radius 1 is 1.04 bits per heavy atom. The van der Waals surface area contributed by atoms with Crippen molar-refractivity contribution < 1.29 is 14.7 Å². The third kappa shape index (κ3) is 2.04. The predicted octanol–water partition coefficient (Wildman–Crippen LogP) is 3.39. The first kappa shape index (κ1) is 15.8. The van der Waals surface area contributed by atoms with Crippen LogP contribution in [0.2, 0.25) is 0 Å². The molecule has 2 unspecified atom stereocenters. The number of aliphatic hydroxyl groups excluding tert-OH is 1. The van der Waals surface area contributed by atoms with Gasteiger partial charge in [-0.05, 0) is 67.1 Å². The van der Waals surface area contributed by atoms with Gasteiger partial charge in [0, 0.05) is 31.3 Å². The Morgan fingerprint density at radius 3 is 2.57 bits per heavy atom. The molecule has 4 aliphatic rings. The normalized spacial score (nSPS) is 52.7. The third-order valence-corrected chi connectivity index (χ3v) is 8.61. The van der Waals surface area contributed by atoms with E-state index >= 15 is 0 Å². The van der Waals surface area contributed by atoms with Gasteiger partial charge in [-0.15, -0.1) is 0 Å². The number of hydrogen-bond acceptors (Lipinski definition) is 3. The molecular weight excluding hydrogens is 288 g/mol. The van der Waals surface area contributed by atoms with E-state index in [1.54, 1.807) is 0 Å². The van der Waals surface area contributed by atoms with Crippen molar-refractivity contribution in [2.45, 2.75) is 65.2 Å². The molecule has 4 fully saturated rings. The van der Waals surface area contributed by atoms with E-state index < -0.39 is 0 Å². The highest BCUT2D eigenvalue weighted by Gasteiger charge is 2.61. The fourth-order valence-electron chi connectivity index (χ4n) is 7.26. The zero-order chi connectivity index (χ0) is 16.4. The summed E-state index contributed by atoms with van der Waals surface area (Å²) in [5.41, 5.74) is 0.0893. The monoisotopic (exact) mass is 318 g/mol. The minimum Gasteiger partial charge on any atom is -0.396 e. The number of carbonyl (C=O) groups is 2. The molecular formula is C20H30O3. The standard InChI is InChI=1S/C20H30O3/c1-19-7-5-13(22)10-17(19)12(11-21)9-14-15-3-4-18(23)20(15,2)8-6-16(14)19/h12,14-17,21H,3-11H2,1-2H3/t12?,14-,15-,16+,17?,19+,20-/m0/s1. The topological polar surface area (TPSA) is 54.4 Å². The van der Waals surface area contributed by atoms with Crippen LogP contribution in [0, 0.1) is 40.4 Å². The molecule has 0 aromatic heterocycles. The molecule has 3 heteroatoms. The lowest BCUT2D eigenvalue weighted by atomic mass is 9.43. The summed E-state index contributed by atoms with van der Waals surface area (Å²) in [6, 6.07) is 0. The van der Waals surface area contributed by atoms with Crippen LogP contribution in [0.15, 0.2) is 0 Å². The molecule has 0 spiro atoms. The Morgan fingerprint density at radius 2 is 1.83 bits per heavy atom. The fourth-order valence-corrected chi connectivity index (χ4v) is 7.26. The van der Waals surface area contributed by atoms with E-state index in [-0.39, 0.29) is 23.4 Å². The highest BCUT2D eigenvalue weighted by molar-refractivity contribution is 5.87. The number of aliphatic hydroxyl groups is 1. The summed E-state index contributed by atoms with van der Waals surface area (Å²) in [6.07, 6.45) is 7.40. The second-order valence-electron chi connectivity index (χ2n) is 9.33. The van der Waals surface area contributed by atoms with Crippen LogP contribution < -0.4 is 0 Å². The summed E-state index contributed by atoms with van der Waals surface area (Å²) in [5, 5.41) is 10.00. The zero-order valence-electron chi connectivity index (χ0n) is 14.5. The Balaban J connectivity index is 1.70. The van der Waals surface area contributed by atoms with Crippen LogP contribution in [-0.2, 0) is 9.59 Å². The average Bonchev–Trinajstić information content (AvgIpc) is 2.83. The number of rotatable bonds is 1. The summed E-state index contributed by atoms with van der Waals surface area (Å²) in [5.74, 6) is 3.21. The largest absolute Gasteiger partial charge is 0.396 e. The van der Waals surface area contributed by atoms with Crippen LogP contribution in [0.25, 0.3) is 0 Å². The van der Waals surface area contributed by atoms with Gasteiger partial charge in [-0.1, -0.05) is 13.8 Å². The van der Waals surface area contributed by atoms with E-state index in [9.17, 15) is 14.7 Å². The Kier molecular flexibility index (Phi) is 3.54. The van der Waals surface area contributed by atoms with Crippen molar-refractivity contribution in [3.8, 4) is 0 Å². The van der Waals surface area contributed by atoms with Crippen molar-refractivity contribution in [2.75, 3.05) is 6.61 Å². The van der Waals surface area contributed by atoms with Crippen LogP contribution in [0.3, 0.4) is 0 Å². The smallest absolute Gasteiger partial charge is 0.139 e. The van der Waals surface area contributed by atoms with Crippen LogP contribution >= 0.6 is 0 Å². The maximum absolute atomic E-state index is 12.5. The lowest BCUT2D eigenvalue weighted by Crippen LogP contribution is -2.56. The van der Waals surface area contributed by atoms with Crippen molar-refractivity contribution in [2.24, 2.45) is 40.4 Å². The zero-order valence-corrected chi connectivity index (χ0v) is 14.5. The number of fused-ring (bicyclic) bond motifs is 5. The van der Waals surface area contributed by atoms with E-state index in [1.165, 1.54) is 0 Å².